The van der Waals surface area contributed by atoms with Crippen molar-refractivity contribution >= 4 is 27.6 Å². The molecule has 2 rings (SSSR count). The molecule has 16 heavy (non-hydrogen) atoms. The highest BCUT2D eigenvalue weighted by Crippen LogP contribution is 2.27. The van der Waals surface area contributed by atoms with Gasteiger partial charge in [0.15, 0.2) is 0 Å². The third-order valence-corrected chi connectivity index (χ3v) is 3.50. The maximum Gasteiger partial charge on any atom is 0.341 e. The Hall–Kier alpha value is -1.30. The van der Waals surface area contributed by atoms with Gasteiger partial charge in [0.2, 0.25) is 0 Å². The van der Waals surface area contributed by atoms with E-state index in [4.69, 9.17) is 5.73 Å². The maximum absolute atomic E-state index is 11.8. The summed E-state index contributed by atoms with van der Waals surface area (Å²) in [6.45, 7) is 0.622. The predicted molar refractivity (Wildman–Crippen MR) is 62.5 cm³/mol. The average Bonchev–Trinajstić information content (AvgIpc) is 2.74. The first-order chi connectivity index (χ1) is 7.57. The van der Waals surface area contributed by atoms with Gasteiger partial charge in [0.05, 0.1) is 12.8 Å². The Morgan fingerprint density at radius 1 is 1.56 bits per heavy atom. The predicted octanol–water partition coefficient (Wildman–Crippen LogP) is 0.926. The van der Waals surface area contributed by atoms with E-state index in [-0.39, 0.29) is 15.7 Å². The van der Waals surface area contributed by atoms with Crippen LogP contribution in [0, 0.1) is 0 Å². The zero-order valence-electron chi connectivity index (χ0n) is 8.75. The molecule has 0 unspecified atom stereocenters. The minimum absolute atomic E-state index is 0.171. The molecule has 1 aromatic rings. The van der Waals surface area contributed by atoms with Crippen LogP contribution in [0.3, 0.4) is 0 Å². The summed E-state index contributed by atoms with van der Waals surface area (Å²) in [5.41, 5.74) is 6.75. The smallest absolute Gasteiger partial charge is 0.341 e. The van der Waals surface area contributed by atoms with Crippen molar-refractivity contribution in [2.24, 2.45) is 0 Å². The average molecular weight is 287 g/mol. The molecule has 86 valence electrons. The molecule has 0 radical (unpaired) electrons. The van der Waals surface area contributed by atoms with Crippen LogP contribution in [-0.2, 0) is 17.7 Å². The van der Waals surface area contributed by atoms with Gasteiger partial charge in [-0.1, -0.05) is 0 Å². The van der Waals surface area contributed by atoms with Crippen LogP contribution < -0.4 is 11.3 Å². The van der Waals surface area contributed by atoms with Crippen LogP contribution in [0.4, 0.5) is 5.69 Å². The fourth-order valence-electron chi connectivity index (χ4n) is 1.99. The number of nitrogens with two attached hydrogens (primary N) is 1. The highest BCUT2D eigenvalue weighted by atomic mass is 79.9. The lowest BCUT2D eigenvalue weighted by Crippen LogP contribution is -2.25. The zero-order chi connectivity index (χ0) is 11.9. The van der Waals surface area contributed by atoms with Crippen molar-refractivity contribution in [1.82, 2.24) is 4.57 Å². The summed E-state index contributed by atoms with van der Waals surface area (Å²) in [5.74, 6) is -0.496. The Labute approximate surface area is 100 Å². The van der Waals surface area contributed by atoms with Gasteiger partial charge >= 0.3 is 5.97 Å². The van der Waals surface area contributed by atoms with Gasteiger partial charge in [0, 0.05) is 12.2 Å². The molecule has 0 amide bonds. The van der Waals surface area contributed by atoms with Crippen molar-refractivity contribution in [1.29, 1.82) is 0 Å². The van der Waals surface area contributed by atoms with Gasteiger partial charge in [-0.15, -0.1) is 0 Å². The van der Waals surface area contributed by atoms with Crippen LogP contribution in [0.2, 0.25) is 0 Å². The van der Waals surface area contributed by atoms with E-state index in [2.05, 4.69) is 20.7 Å². The quantitative estimate of drug-likeness (QED) is 0.780. The third-order valence-electron chi connectivity index (χ3n) is 2.74. The molecule has 2 heterocycles. The summed E-state index contributed by atoms with van der Waals surface area (Å²) in [6.07, 6.45) is 1.52. The first-order valence-electron chi connectivity index (χ1n) is 4.87. The van der Waals surface area contributed by atoms with E-state index >= 15 is 0 Å². The summed E-state index contributed by atoms with van der Waals surface area (Å²) in [6, 6.07) is 0. The number of ether oxygens (including phenoxy) is 1. The first kappa shape index (κ1) is 11.2. The number of methoxy groups -OCH3 is 1. The lowest BCUT2D eigenvalue weighted by molar-refractivity contribution is 0.0600. The van der Waals surface area contributed by atoms with Gasteiger partial charge in [0.25, 0.3) is 5.56 Å². The van der Waals surface area contributed by atoms with Crippen LogP contribution >= 0.6 is 15.9 Å². The highest BCUT2D eigenvalue weighted by molar-refractivity contribution is 9.10. The van der Waals surface area contributed by atoms with Gasteiger partial charge in [-0.05, 0) is 28.8 Å². The van der Waals surface area contributed by atoms with Crippen LogP contribution in [0.15, 0.2) is 9.27 Å². The van der Waals surface area contributed by atoms with Crippen LogP contribution in [0.5, 0.6) is 0 Å². The summed E-state index contributed by atoms with van der Waals surface area (Å²) >= 11 is 3.11. The second-order valence-corrected chi connectivity index (χ2v) is 4.39. The number of halogens is 1. The summed E-state index contributed by atoms with van der Waals surface area (Å²) < 4.78 is 6.49. The van der Waals surface area contributed by atoms with E-state index < -0.39 is 5.97 Å². The van der Waals surface area contributed by atoms with Crippen LogP contribution in [0.25, 0.3) is 0 Å². The topological polar surface area (TPSA) is 74.3 Å². The zero-order valence-corrected chi connectivity index (χ0v) is 10.3. The molecule has 1 aromatic heterocycles. The number of carbonyl (C=O) groups excluding carboxylic acids is 1. The molecule has 5 nitrogen and oxygen atoms in total. The Kier molecular flexibility index (Phi) is 2.75. The van der Waals surface area contributed by atoms with Crippen LogP contribution in [-0.4, -0.2) is 17.6 Å². The molecule has 0 fully saturated rings. The number of fused-ring (bicyclic) bond motifs is 1. The number of hydrogen-bond acceptors (Lipinski definition) is 4. The molecule has 0 aliphatic carbocycles. The Balaban J connectivity index is 2.79. The lowest BCUT2D eigenvalue weighted by Gasteiger charge is -2.12. The van der Waals surface area contributed by atoms with Gasteiger partial charge < -0.3 is 15.0 Å². The largest absolute Gasteiger partial charge is 0.465 e. The van der Waals surface area contributed by atoms with Crippen LogP contribution in [0.1, 0.15) is 22.5 Å². The van der Waals surface area contributed by atoms with E-state index in [0.29, 0.717) is 24.2 Å². The van der Waals surface area contributed by atoms with Crippen molar-refractivity contribution in [3.8, 4) is 0 Å². The van der Waals surface area contributed by atoms with Crippen molar-refractivity contribution in [2.45, 2.75) is 19.4 Å². The number of esters is 1. The number of carbonyl (C=O) groups is 1. The van der Waals surface area contributed by atoms with Crippen molar-refractivity contribution in [2.75, 3.05) is 12.8 Å². The minimum Gasteiger partial charge on any atom is -0.465 e. The van der Waals surface area contributed by atoms with Crippen molar-refractivity contribution in [3.05, 3.63) is 26.1 Å². The minimum atomic E-state index is -0.496. The molecule has 1 aliphatic heterocycles. The molecule has 0 atom stereocenters. The fraction of sp³-hybridized carbons (Fsp3) is 0.400. The number of rotatable bonds is 1. The second-order valence-electron chi connectivity index (χ2n) is 3.60. The van der Waals surface area contributed by atoms with Gasteiger partial charge in [-0.25, -0.2) is 4.79 Å². The number of nitrogen functional groups attached to an aromatic ring is 1. The molecular weight excluding hydrogens is 276 g/mol. The maximum atomic E-state index is 11.8. The summed E-state index contributed by atoms with van der Waals surface area (Å²) in [5, 5.41) is 0. The van der Waals surface area contributed by atoms with Gasteiger partial charge in [-0.2, -0.15) is 0 Å². The monoisotopic (exact) mass is 286 g/mol. The lowest BCUT2D eigenvalue weighted by atomic mass is 10.1. The van der Waals surface area contributed by atoms with Crippen molar-refractivity contribution in [3.63, 3.8) is 0 Å². The number of pyridine rings is 1. The fourth-order valence-corrected chi connectivity index (χ4v) is 2.40. The standard InChI is InChI=1S/C10H11BrN2O3/c1-16-10(15)6-5-3-2-4-13(5)9(14)7(11)8(6)12/h2-4,12H2,1H3. The molecule has 0 spiro atoms. The molecule has 0 saturated heterocycles. The van der Waals surface area contributed by atoms with E-state index in [0.717, 1.165) is 6.42 Å². The highest BCUT2D eigenvalue weighted by Gasteiger charge is 2.26. The van der Waals surface area contributed by atoms with Gasteiger partial charge in [-0.3, -0.25) is 4.79 Å². The number of anilines is 1. The number of aromatic nitrogens is 1. The molecule has 0 bridgehead atoms. The Bertz CT molecular complexity index is 522. The summed E-state index contributed by atoms with van der Waals surface area (Å²) in [4.78, 5) is 23.4. The first-order valence-corrected chi connectivity index (χ1v) is 5.66. The van der Waals surface area contributed by atoms with E-state index in [1.54, 1.807) is 4.57 Å². The normalized spacial score (nSPS) is 13.6. The number of hydrogen-bond donors (Lipinski definition) is 1. The molecule has 1 aliphatic rings. The van der Waals surface area contributed by atoms with Crippen molar-refractivity contribution < 1.29 is 9.53 Å². The molecular formula is C10H11BrN2O3. The van der Waals surface area contributed by atoms with E-state index in [1.165, 1.54) is 7.11 Å². The Morgan fingerprint density at radius 3 is 2.88 bits per heavy atom. The van der Waals surface area contributed by atoms with Gasteiger partial charge in [0.1, 0.15) is 10.0 Å². The van der Waals surface area contributed by atoms with E-state index in [9.17, 15) is 9.59 Å². The Morgan fingerprint density at radius 2 is 2.25 bits per heavy atom. The number of nitrogens with zero attached hydrogens (tertiary/aromatic N) is 1. The molecule has 6 heteroatoms. The molecule has 0 saturated carbocycles. The molecule has 2 N–H and O–H groups in total. The second kappa shape index (κ2) is 3.93. The molecule has 0 aromatic carbocycles. The van der Waals surface area contributed by atoms with E-state index in [1.807, 2.05) is 0 Å². The third kappa shape index (κ3) is 1.44. The summed E-state index contributed by atoms with van der Waals surface area (Å²) in [7, 11) is 1.30. The SMILES string of the molecule is COC(=O)c1c(N)c(Br)c(=O)n2c1CCC2.